The zero-order chi connectivity index (χ0) is 9.19. The van der Waals surface area contributed by atoms with E-state index in [2.05, 4.69) is 13.0 Å². The lowest BCUT2D eigenvalue weighted by atomic mass is 9.91. The molecule has 0 radical (unpaired) electrons. The molecule has 0 amide bonds. The van der Waals surface area contributed by atoms with E-state index in [1.165, 1.54) is 11.4 Å². The van der Waals surface area contributed by atoms with Gasteiger partial charge in [0, 0.05) is 4.75 Å². The Morgan fingerprint density at radius 1 is 1.42 bits per heavy atom. The van der Waals surface area contributed by atoms with Crippen molar-refractivity contribution in [3.8, 4) is 0 Å². The molecule has 0 bridgehead atoms. The highest BCUT2D eigenvalue weighted by atomic mass is 32.7. The van der Waals surface area contributed by atoms with Gasteiger partial charge in [-0.3, -0.25) is 0 Å². The summed E-state index contributed by atoms with van der Waals surface area (Å²) >= 11 is 1.22. The highest BCUT2D eigenvalue weighted by Crippen LogP contribution is 2.53. The molecule has 0 spiro atoms. The van der Waals surface area contributed by atoms with E-state index in [0.717, 1.165) is 0 Å². The fourth-order valence-corrected chi connectivity index (χ4v) is 3.58. The molecule has 0 aromatic heterocycles. The van der Waals surface area contributed by atoms with Gasteiger partial charge in [0.1, 0.15) is 0 Å². The van der Waals surface area contributed by atoms with Crippen molar-refractivity contribution in [3.05, 3.63) is 24.3 Å². The Kier molecular flexibility index (Phi) is 3.36. The van der Waals surface area contributed by atoms with Crippen LogP contribution in [-0.2, 0) is 0 Å². The van der Waals surface area contributed by atoms with Crippen LogP contribution in [0.3, 0.4) is 0 Å². The molecule has 2 atom stereocenters. The molecule has 1 rings (SSSR count). The van der Waals surface area contributed by atoms with E-state index in [1.807, 2.05) is 25.2 Å². The number of hydrogen-bond donors (Lipinski definition) is 2. The summed E-state index contributed by atoms with van der Waals surface area (Å²) in [5.41, 5.74) is 0. The molecule has 0 heterocycles. The summed E-state index contributed by atoms with van der Waals surface area (Å²) in [7, 11) is -1.87. The van der Waals surface area contributed by atoms with E-state index in [9.17, 15) is 0 Å². The maximum Gasteiger partial charge on any atom is 0.233 e. The summed E-state index contributed by atoms with van der Waals surface area (Å²) in [5.74, 6) is 0.344. The molecule has 0 saturated heterocycles. The fourth-order valence-electron chi connectivity index (χ4n) is 1.11. The lowest BCUT2D eigenvalue weighted by molar-refractivity contribution is 0.503. The van der Waals surface area contributed by atoms with Crippen molar-refractivity contribution in [3.63, 3.8) is 0 Å². The van der Waals surface area contributed by atoms with Crippen molar-refractivity contribution in [1.82, 2.24) is 0 Å². The van der Waals surface area contributed by atoms with E-state index < -0.39 is 7.58 Å². The summed E-state index contributed by atoms with van der Waals surface area (Å²) < 4.78 is -0.163. The monoisotopic (exact) mass is 204 g/mol. The van der Waals surface area contributed by atoms with E-state index in [0.29, 0.717) is 5.92 Å². The molecule has 12 heavy (non-hydrogen) atoms. The van der Waals surface area contributed by atoms with E-state index in [1.54, 1.807) is 0 Å². The molecule has 0 aromatic rings. The minimum atomic E-state index is -1.87. The van der Waals surface area contributed by atoms with E-state index in [-0.39, 0.29) is 4.75 Å². The van der Waals surface area contributed by atoms with Crippen LogP contribution in [0.2, 0.25) is 0 Å². The Morgan fingerprint density at radius 2 is 2.08 bits per heavy atom. The fraction of sp³-hybridized carbons (Fsp3) is 0.500. The lowest BCUT2D eigenvalue weighted by Crippen LogP contribution is -2.26. The standard InChI is InChI=1S/C8H13O2PS/c1-7-5-3-4-6-8(7,2)12-11(9)10/h3-7,9-10H,1-2H3. The van der Waals surface area contributed by atoms with Crippen molar-refractivity contribution < 1.29 is 9.79 Å². The molecule has 4 heteroatoms. The second-order valence-electron chi connectivity index (χ2n) is 3.06. The van der Waals surface area contributed by atoms with Crippen molar-refractivity contribution in [1.29, 1.82) is 0 Å². The zero-order valence-corrected chi connectivity index (χ0v) is 8.85. The van der Waals surface area contributed by atoms with Crippen molar-refractivity contribution in [2.75, 3.05) is 0 Å². The normalized spacial score (nSPS) is 34.6. The minimum absolute atomic E-state index is 0.163. The van der Waals surface area contributed by atoms with Crippen molar-refractivity contribution in [2.24, 2.45) is 5.92 Å². The zero-order valence-electron chi connectivity index (χ0n) is 7.14. The number of allylic oxidation sites excluding steroid dienone is 3. The summed E-state index contributed by atoms with van der Waals surface area (Å²) in [4.78, 5) is 17.8. The van der Waals surface area contributed by atoms with Crippen LogP contribution < -0.4 is 0 Å². The Balaban J connectivity index is 2.69. The first kappa shape index (κ1) is 10.3. The van der Waals surface area contributed by atoms with Crippen LogP contribution in [0.25, 0.3) is 0 Å². The van der Waals surface area contributed by atoms with Crippen LogP contribution in [0.15, 0.2) is 24.3 Å². The Morgan fingerprint density at radius 3 is 2.58 bits per heavy atom. The highest BCUT2D eigenvalue weighted by Gasteiger charge is 2.31. The summed E-state index contributed by atoms with van der Waals surface area (Å²) in [6.07, 6.45) is 8.03. The molecule has 68 valence electrons. The second kappa shape index (κ2) is 3.93. The van der Waals surface area contributed by atoms with Gasteiger partial charge in [0.05, 0.1) is 0 Å². The topological polar surface area (TPSA) is 40.5 Å². The molecule has 0 fully saturated rings. The molecule has 2 N–H and O–H groups in total. The van der Waals surface area contributed by atoms with Crippen LogP contribution in [-0.4, -0.2) is 14.5 Å². The van der Waals surface area contributed by atoms with Gasteiger partial charge in [0.25, 0.3) is 0 Å². The SMILES string of the molecule is CC1C=CC=CC1(C)SP(O)O. The lowest BCUT2D eigenvalue weighted by Gasteiger charge is -2.31. The van der Waals surface area contributed by atoms with Gasteiger partial charge < -0.3 is 9.79 Å². The molecule has 1 aliphatic carbocycles. The third-order valence-corrected chi connectivity index (χ3v) is 4.86. The predicted molar refractivity (Wildman–Crippen MR) is 54.8 cm³/mol. The summed E-state index contributed by atoms with van der Waals surface area (Å²) in [5, 5.41) is 0. The molecule has 0 aliphatic heterocycles. The van der Waals surface area contributed by atoms with Crippen molar-refractivity contribution >= 4 is 19.0 Å². The third kappa shape index (κ3) is 2.33. The van der Waals surface area contributed by atoms with Crippen LogP contribution >= 0.6 is 19.0 Å². The average Bonchev–Trinajstić information content (AvgIpc) is 1.94. The average molecular weight is 204 g/mol. The molecular formula is C8H13O2PS. The second-order valence-corrected chi connectivity index (χ2v) is 6.16. The largest absolute Gasteiger partial charge is 0.342 e. The highest BCUT2D eigenvalue weighted by molar-refractivity contribution is 8.53. The summed E-state index contributed by atoms with van der Waals surface area (Å²) in [6, 6.07) is 0. The van der Waals surface area contributed by atoms with E-state index >= 15 is 0 Å². The molecule has 2 nitrogen and oxygen atoms in total. The number of hydrogen-bond acceptors (Lipinski definition) is 3. The predicted octanol–water partition coefficient (Wildman–Crippen LogP) is 2.45. The van der Waals surface area contributed by atoms with Gasteiger partial charge in [-0.2, -0.15) is 0 Å². The Hall–Kier alpha value is 0.180. The van der Waals surface area contributed by atoms with Crippen LogP contribution in [0.1, 0.15) is 13.8 Å². The first-order valence-corrected chi connectivity index (χ1v) is 6.44. The van der Waals surface area contributed by atoms with Crippen LogP contribution in [0.5, 0.6) is 0 Å². The number of rotatable bonds is 2. The molecule has 1 aliphatic rings. The smallest absolute Gasteiger partial charge is 0.233 e. The maximum atomic E-state index is 8.91. The molecular weight excluding hydrogens is 191 g/mol. The third-order valence-electron chi connectivity index (χ3n) is 2.12. The van der Waals surface area contributed by atoms with Gasteiger partial charge >= 0.3 is 0 Å². The quantitative estimate of drug-likeness (QED) is 0.679. The van der Waals surface area contributed by atoms with Gasteiger partial charge in [0.15, 0.2) is 0 Å². The molecule has 0 saturated carbocycles. The van der Waals surface area contributed by atoms with Gasteiger partial charge in [0.2, 0.25) is 7.58 Å². The van der Waals surface area contributed by atoms with Gasteiger partial charge in [-0.1, -0.05) is 42.6 Å². The summed E-state index contributed by atoms with van der Waals surface area (Å²) in [6.45, 7) is 4.09. The Labute approximate surface area is 78.0 Å². The van der Waals surface area contributed by atoms with E-state index in [4.69, 9.17) is 9.79 Å². The van der Waals surface area contributed by atoms with Gasteiger partial charge in [-0.05, 0) is 12.8 Å². The van der Waals surface area contributed by atoms with Crippen LogP contribution in [0, 0.1) is 5.92 Å². The van der Waals surface area contributed by atoms with Crippen molar-refractivity contribution in [2.45, 2.75) is 18.6 Å². The minimum Gasteiger partial charge on any atom is -0.342 e. The Bertz CT molecular complexity index is 215. The maximum absolute atomic E-state index is 8.91. The first-order chi connectivity index (χ1) is 5.54. The van der Waals surface area contributed by atoms with Crippen LogP contribution in [0.4, 0.5) is 0 Å². The van der Waals surface area contributed by atoms with Gasteiger partial charge in [-0.25, -0.2) is 0 Å². The van der Waals surface area contributed by atoms with Gasteiger partial charge in [-0.15, -0.1) is 0 Å². The first-order valence-electron chi connectivity index (χ1n) is 3.77. The molecule has 2 unspecified atom stereocenters. The molecule has 0 aromatic carbocycles.